The molecule has 0 aliphatic carbocycles. The van der Waals surface area contributed by atoms with Crippen LogP contribution >= 0.6 is 0 Å². The molecular weight excluding hydrogens is 679 g/mol. The van der Waals surface area contributed by atoms with E-state index in [1.165, 1.54) is 16.7 Å². The van der Waals surface area contributed by atoms with Gasteiger partial charge in [-0.05, 0) is 123 Å². The highest BCUT2D eigenvalue weighted by atomic mass is 14.9. The summed E-state index contributed by atoms with van der Waals surface area (Å²) in [6.45, 7) is 4.55. The molecule has 0 spiro atoms. The Morgan fingerprint density at radius 3 is 1.61 bits per heavy atom. The fraction of sp³-hybridized carbons (Fsp3) is 0.0566. The summed E-state index contributed by atoms with van der Waals surface area (Å²) in [5.74, 6) is 0. The van der Waals surface area contributed by atoms with E-state index in [1.807, 2.05) is 30.5 Å². The number of benzene rings is 7. The summed E-state index contributed by atoms with van der Waals surface area (Å²) in [7, 11) is 0. The average molecular weight is 722 g/mol. The quantitative estimate of drug-likeness (QED) is 0.143. The number of hydrogen-bond acceptors (Lipinski definition) is 3. The lowest BCUT2D eigenvalue weighted by molar-refractivity contribution is 1.07. The predicted octanol–water partition coefficient (Wildman–Crippen LogP) is 13.0. The standard InChI is InChI=1S/C53H43N3/c1-37-14-9-10-21-50(37)52(38(2)53(56-36-54)44-17-7-4-8-18-44)49-34-47(42-25-23-40(24-26-42)39-15-5-3-6-16-39)33-48(35-49)46-20-13-19-45(32-46)41-27-29-43(30-28-41)51-22-11-12-31-55-51/h3-35H,36,54H2,1-2H3/b52-38+,56-53+. The molecule has 0 fully saturated rings. The van der Waals surface area contributed by atoms with Crippen LogP contribution in [0.25, 0.3) is 61.3 Å². The summed E-state index contributed by atoms with van der Waals surface area (Å²) < 4.78 is 0. The molecule has 0 unspecified atom stereocenters. The summed E-state index contributed by atoms with van der Waals surface area (Å²) in [4.78, 5) is 9.44. The second-order valence-electron chi connectivity index (χ2n) is 14.0. The van der Waals surface area contributed by atoms with Crippen LogP contribution < -0.4 is 5.73 Å². The van der Waals surface area contributed by atoms with E-state index in [0.29, 0.717) is 0 Å². The van der Waals surface area contributed by atoms with Crippen molar-refractivity contribution in [1.29, 1.82) is 0 Å². The van der Waals surface area contributed by atoms with E-state index >= 15 is 0 Å². The van der Waals surface area contributed by atoms with Crippen LogP contribution in [0.1, 0.15) is 29.2 Å². The Labute approximate surface area is 330 Å². The topological polar surface area (TPSA) is 51.3 Å². The van der Waals surface area contributed by atoms with Crippen molar-refractivity contribution >= 4 is 11.3 Å². The number of hydrogen-bond donors (Lipinski definition) is 1. The zero-order valence-corrected chi connectivity index (χ0v) is 31.7. The highest BCUT2D eigenvalue weighted by Gasteiger charge is 2.19. The van der Waals surface area contributed by atoms with E-state index in [9.17, 15) is 0 Å². The maximum atomic E-state index is 6.15. The Bertz CT molecular complexity index is 2640. The van der Waals surface area contributed by atoms with Gasteiger partial charge >= 0.3 is 0 Å². The Kier molecular flexibility index (Phi) is 10.7. The molecule has 8 aromatic rings. The minimum Gasteiger partial charge on any atom is -0.312 e. The van der Waals surface area contributed by atoms with Crippen molar-refractivity contribution in [3.8, 4) is 55.8 Å². The van der Waals surface area contributed by atoms with Crippen LogP contribution in [-0.2, 0) is 0 Å². The summed E-state index contributed by atoms with van der Waals surface area (Å²) >= 11 is 0. The number of nitrogens with two attached hydrogens (primary N) is 1. The maximum Gasteiger partial charge on any atom is 0.0867 e. The number of nitrogens with zero attached hydrogens (tertiary/aromatic N) is 2. The predicted molar refractivity (Wildman–Crippen MR) is 236 cm³/mol. The molecule has 1 heterocycles. The van der Waals surface area contributed by atoms with Crippen LogP contribution in [0.2, 0.25) is 0 Å². The van der Waals surface area contributed by atoms with Crippen LogP contribution in [0.5, 0.6) is 0 Å². The lowest BCUT2D eigenvalue weighted by atomic mass is 9.84. The van der Waals surface area contributed by atoms with E-state index in [0.717, 1.165) is 78.2 Å². The molecule has 8 rings (SSSR count). The molecule has 0 amide bonds. The number of allylic oxidation sites excluding steroid dienone is 1. The second-order valence-corrected chi connectivity index (χ2v) is 14.0. The van der Waals surface area contributed by atoms with Gasteiger partial charge in [-0.15, -0.1) is 0 Å². The highest BCUT2D eigenvalue weighted by Crippen LogP contribution is 2.38. The maximum absolute atomic E-state index is 6.15. The first-order chi connectivity index (χ1) is 27.6. The van der Waals surface area contributed by atoms with Gasteiger partial charge in [0.25, 0.3) is 0 Å². The fourth-order valence-electron chi connectivity index (χ4n) is 7.50. The largest absolute Gasteiger partial charge is 0.312 e. The molecular formula is C53H43N3. The van der Waals surface area contributed by atoms with Crippen molar-refractivity contribution in [1.82, 2.24) is 4.98 Å². The molecule has 0 aliphatic heterocycles. The molecule has 3 nitrogen and oxygen atoms in total. The molecule has 0 saturated heterocycles. The smallest absolute Gasteiger partial charge is 0.0867 e. The Balaban J connectivity index is 1.31. The molecule has 270 valence electrons. The average Bonchev–Trinajstić information content (AvgIpc) is 3.27. The number of aryl methyl sites for hydroxylation is 1. The van der Waals surface area contributed by atoms with Gasteiger partial charge in [0.05, 0.1) is 18.1 Å². The van der Waals surface area contributed by atoms with Gasteiger partial charge in [0.15, 0.2) is 0 Å². The number of rotatable bonds is 10. The summed E-state index contributed by atoms with van der Waals surface area (Å²) in [5, 5.41) is 0. The number of aromatic nitrogens is 1. The monoisotopic (exact) mass is 721 g/mol. The first kappa shape index (κ1) is 36.1. The van der Waals surface area contributed by atoms with Gasteiger partial charge in [0.2, 0.25) is 0 Å². The lowest BCUT2D eigenvalue weighted by Crippen LogP contribution is -2.10. The van der Waals surface area contributed by atoms with Crippen LogP contribution in [0.3, 0.4) is 0 Å². The molecule has 2 N–H and O–H groups in total. The normalized spacial score (nSPS) is 11.9. The SMILES string of the molecule is CC(/C(=N\CN)c1ccccc1)=C(/c1cc(-c2ccc(-c3ccccc3)cc2)cc(-c2cccc(-c3ccc(-c4ccccn4)cc3)c2)c1)c1ccccc1C. The van der Waals surface area contributed by atoms with Crippen LogP contribution in [0, 0.1) is 6.92 Å². The molecule has 0 bridgehead atoms. The van der Waals surface area contributed by atoms with Gasteiger partial charge in [0, 0.05) is 17.3 Å². The van der Waals surface area contributed by atoms with Crippen molar-refractivity contribution in [3.05, 3.63) is 228 Å². The molecule has 1 aromatic heterocycles. The molecule has 0 saturated carbocycles. The molecule has 3 heteroatoms. The lowest BCUT2D eigenvalue weighted by Gasteiger charge is -2.20. The number of pyridine rings is 1. The van der Waals surface area contributed by atoms with E-state index in [1.54, 1.807) is 0 Å². The van der Waals surface area contributed by atoms with Crippen LogP contribution in [0.4, 0.5) is 0 Å². The third-order valence-corrected chi connectivity index (χ3v) is 10.4. The van der Waals surface area contributed by atoms with Crippen molar-refractivity contribution in [2.75, 3.05) is 6.67 Å². The van der Waals surface area contributed by atoms with E-state index in [-0.39, 0.29) is 6.67 Å². The molecule has 56 heavy (non-hydrogen) atoms. The van der Waals surface area contributed by atoms with Crippen molar-refractivity contribution in [2.45, 2.75) is 13.8 Å². The van der Waals surface area contributed by atoms with Crippen LogP contribution in [-0.4, -0.2) is 17.4 Å². The third-order valence-electron chi connectivity index (χ3n) is 10.4. The van der Waals surface area contributed by atoms with Gasteiger partial charge in [-0.3, -0.25) is 9.98 Å². The van der Waals surface area contributed by atoms with Gasteiger partial charge in [-0.25, -0.2) is 0 Å². The van der Waals surface area contributed by atoms with Gasteiger partial charge in [-0.1, -0.05) is 158 Å². The Hall–Kier alpha value is -6.94. The van der Waals surface area contributed by atoms with Crippen molar-refractivity contribution in [3.63, 3.8) is 0 Å². The van der Waals surface area contributed by atoms with E-state index in [2.05, 4.69) is 189 Å². The van der Waals surface area contributed by atoms with E-state index < -0.39 is 0 Å². The fourth-order valence-corrected chi connectivity index (χ4v) is 7.50. The Morgan fingerprint density at radius 1 is 0.464 bits per heavy atom. The van der Waals surface area contributed by atoms with Gasteiger partial charge < -0.3 is 5.73 Å². The molecule has 0 radical (unpaired) electrons. The molecule has 0 aliphatic rings. The van der Waals surface area contributed by atoms with Gasteiger partial charge in [-0.2, -0.15) is 0 Å². The second kappa shape index (κ2) is 16.6. The highest BCUT2D eigenvalue weighted by molar-refractivity contribution is 6.18. The summed E-state index contributed by atoms with van der Waals surface area (Å²) in [6, 6.07) is 68.9. The summed E-state index contributed by atoms with van der Waals surface area (Å²) in [5.41, 5.74) is 25.1. The van der Waals surface area contributed by atoms with Crippen molar-refractivity contribution in [2.24, 2.45) is 10.7 Å². The molecule has 0 atom stereocenters. The minimum atomic E-state index is 0.192. The number of aliphatic imine (C=N–C) groups is 1. The molecule has 7 aromatic carbocycles. The minimum absolute atomic E-state index is 0.192. The zero-order valence-electron chi connectivity index (χ0n) is 31.7. The Morgan fingerprint density at radius 2 is 0.964 bits per heavy atom. The van der Waals surface area contributed by atoms with E-state index in [4.69, 9.17) is 10.7 Å². The first-order valence-corrected chi connectivity index (χ1v) is 19.1. The van der Waals surface area contributed by atoms with Crippen LogP contribution in [0.15, 0.2) is 211 Å². The van der Waals surface area contributed by atoms with Gasteiger partial charge in [0.1, 0.15) is 0 Å². The third kappa shape index (κ3) is 7.81. The first-order valence-electron chi connectivity index (χ1n) is 19.1. The zero-order chi connectivity index (χ0) is 38.3. The van der Waals surface area contributed by atoms with Crippen molar-refractivity contribution < 1.29 is 0 Å². The summed E-state index contributed by atoms with van der Waals surface area (Å²) in [6.07, 6.45) is 1.83.